The van der Waals surface area contributed by atoms with Crippen molar-refractivity contribution in [3.05, 3.63) is 65.7 Å². The van der Waals surface area contributed by atoms with E-state index in [2.05, 4.69) is 21.3 Å². The van der Waals surface area contributed by atoms with Crippen LogP contribution in [0.4, 0.5) is 4.79 Å². The molecule has 2 aromatic rings. The minimum atomic E-state index is -1.45. The lowest BCUT2D eigenvalue weighted by Gasteiger charge is -2.25. The van der Waals surface area contributed by atoms with E-state index in [0.717, 1.165) is 0 Å². The second-order valence-electron chi connectivity index (χ2n) is 10.3. The normalized spacial score (nSPS) is 13.5. The third-order valence-corrected chi connectivity index (χ3v) is 6.27. The van der Waals surface area contributed by atoms with Crippen LogP contribution in [-0.2, 0) is 41.7 Å². The standard InChI is InChI=1S/C30H40N4O9/c1-18(2)14-24(29(40)42-4)33-26(37)19(3)31-27(38)23(15-20-10-12-22(36)13-11-20)32-28(39)25(16-35)34-30(41)43-17-21-8-6-5-7-9-21/h5-13,18-19,23-25,35-36H,14-17H2,1-4H3,(H,31,38)(H,32,39)(H,33,37)(H,34,41)/t19-,23+,24+,25+/m1/s1. The quantitative estimate of drug-likeness (QED) is 0.161. The molecule has 43 heavy (non-hydrogen) atoms. The average Bonchev–Trinajstić information content (AvgIpc) is 2.98. The first-order chi connectivity index (χ1) is 20.4. The van der Waals surface area contributed by atoms with Crippen LogP contribution in [-0.4, -0.2) is 77.9 Å². The Bertz CT molecular complexity index is 1220. The van der Waals surface area contributed by atoms with E-state index < -0.39 is 60.6 Å². The topological polar surface area (TPSA) is 192 Å². The molecule has 0 saturated heterocycles. The highest BCUT2D eigenvalue weighted by Gasteiger charge is 2.30. The van der Waals surface area contributed by atoms with Gasteiger partial charge in [0, 0.05) is 6.42 Å². The molecule has 0 heterocycles. The van der Waals surface area contributed by atoms with Crippen molar-refractivity contribution in [3.8, 4) is 5.75 Å². The minimum absolute atomic E-state index is 0.000743. The molecule has 0 aliphatic rings. The van der Waals surface area contributed by atoms with Gasteiger partial charge in [0.1, 0.15) is 36.5 Å². The molecule has 234 valence electrons. The first-order valence-electron chi connectivity index (χ1n) is 13.8. The number of phenols is 1. The summed E-state index contributed by atoms with van der Waals surface area (Å²) in [4.78, 5) is 63.5. The molecule has 2 aromatic carbocycles. The highest BCUT2D eigenvalue weighted by Crippen LogP contribution is 2.12. The third kappa shape index (κ3) is 12.0. The lowest BCUT2D eigenvalue weighted by molar-refractivity contribution is -0.145. The molecule has 13 nitrogen and oxygen atoms in total. The molecule has 0 aliphatic heterocycles. The molecule has 0 fully saturated rings. The molecule has 4 atom stereocenters. The van der Waals surface area contributed by atoms with Crippen LogP contribution in [0.1, 0.15) is 38.3 Å². The lowest BCUT2D eigenvalue weighted by Crippen LogP contribution is -2.58. The van der Waals surface area contributed by atoms with Gasteiger partial charge in [-0.2, -0.15) is 0 Å². The van der Waals surface area contributed by atoms with Crippen LogP contribution in [0.5, 0.6) is 5.75 Å². The summed E-state index contributed by atoms with van der Waals surface area (Å²) in [7, 11) is 1.21. The number of methoxy groups -OCH3 is 1. The fourth-order valence-electron chi connectivity index (χ4n) is 3.95. The number of amides is 4. The van der Waals surface area contributed by atoms with Crippen molar-refractivity contribution in [2.75, 3.05) is 13.7 Å². The van der Waals surface area contributed by atoms with E-state index in [9.17, 15) is 34.2 Å². The fraction of sp³-hybridized carbons (Fsp3) is 0.433. The molecular formula is C30H40N4O9. The number of aromatic hydroxyl groups is 1. The van der Waals surface area contributed by atoms with Crippen LogP contribution in [0.25, 0.3) is 0 Å². The molecular weight excluding hydrogens is 560 g/mol. The Balaban J connectivity index is 2.11. The third-order valence-electron chi connectivity index (χ3n) is 6.27. The number of alkyl carbamates (subject to hydrolysis) is 1. The second-order valence-corrected chi connectivity index (χ2v) is 10.3. The fourth-order valence-corrected chi connectivity index (χ4v) is 3.95. The summed E-state index contributed by atoms with van der Waals surface area (Å²) in [6, 6.07) is 10.0. The second kappa shape index (κ2) is 17.3. The maximum absolute atomic E-state index is 13.3. The molecule has 0 bridgehead atoms. The summed E-state index contributed by atoms with van der Waals surface area (Å²) in [6.07, 6.45) is -0.687. The zero-order valence-electron chi connectivity index (χ0n) is 24.7. The minimum Gasteiger partial charge on any atom is -0.508 e. The highest BCUT2D eigenvalue weighted by atomic mass is 16.5. The van der Waals surface area contributed by atoms with Gasteiger partial charge in [-0.05, 0) is 42.5 Å². The molecule has 13 heteroatoms. The number of rotatable bonds is 15. The zero-order chi connectivity index (χ0) is 31.9. The van der Waals surface area contributed by atoms with Crippen LogP contribution in [0.3, 0.4) is 0 Å². The van der Waals surface area contributed by atoms with E-state index in [0.29, 0.717) is 17.5 Å². The van der Waals surface area contributed by atoms with Crippen molar-refractivity contribution < 1.29 is 43.7 Å². The number of benzene rings is 2. The van der Waals surface area contributed by atoms with Crippen molar-refractivity contribution in [3.63, 3.8) is 0 Å². The zero-order valence-corrected chi connectivity index (χ0v) is 24.7. The number of hydrogen-bond donors (Lipinski definition) is 6. The predicted molar refractivity (Wildman–Crippen MR) is 155 cm³/mol. The van der Waals surface area contributed by atoms with Crippen LogP contribution in [0.2, 0.25) is 0 Å². The molecule has 0 aromatic heterocycles. The lowest BCUT2D eigenvalue weighted by atomic mass is 10.0. The largest absolute Gasteiger partial charge is 0.508 e. The van der Waals surface area contributed by atoms with Crippen LogP contribution < -0.4 is 21.3 Å². The van der Waals surface area contributed by atoms with Gasteiger partial charge in [0.05, 0.1) is 13.7 Å². The summed E-state index contributed by atoms with van der Waals surface area (Å²) >= 11 is 0. The highest BCUT2D eigenvalue weighted by molar-refractivity contribution is 5.94. The summed E-state index contributed by atoms with van der Waals surface area (Å²) in [5, 5.41) is 29.3. The van der Waals surface area contributed by atoms with Gasteiger partial charge in [-0.3, -0.25) is 14.4 Å². The summed E-state index contributed by atoms with van der Waals surface area (Å²) in [5.74, 6) is -2.82. The smallest absolute Gasteiger partial charge is 0.408 e. The molecule has 4 amide bonds. The van der Waals surface area contributed by atoms with Gasteiger partial charge in [0.25, 0.3) is 0 Å². The van der Waals surface area contributed by atoms with Gasteiger partial charge in [0.2, 0.25) is 17.7 Å². The SMILES string of the molecule is COC(=O)[C@H](CC(C)C)NC(=O)[C@@H](C)NC(=O)[C@H](Cc1ccc(O)cc1)NC(=O)[C@H](CO)NC(=O)OCc1ccccc1. The average molecular weight is 601 g/mol. The van der Waals surface area contributed by atoms with E-state index in [1.807, 2.05) is 13.8 Å². The molecule has 2 rings (SSSR count). The molecule has 0 spiro atoms. The number of carbonyl (C=O) groups excluding carboxylic acids is 5. The maximum Gasteiger partial charge on any atom is 0.408 e. The Hall–Kier alpha value is -4.65. The van der Waals surface area contributed by atoms with Gasteiger partial charge in [-0.15, -0.1) is 0 Å². The van der Waals surface area contributed by atoms with Crippen LogP contribution >= 0.6 is 0 Å². The first kappa shape index (κ1) is 34.6. The van der Waals surface area contributed by atoms with Crippen LogP contribution in [0.15, 0.2) is 54.6 Å². The number of hydrogen-bond acceptors (Lipinski definition) is 9. The molecule has 0 radical (unpaired) electrons. The maximum atomic E-state index is 13.3. The van der Waals surface area contributed by atoms with Crippen molar-refractivity contribution in [1.29, 1.82) is 0 Å². The monoisotopic (exact) mass is 600 g/mol. The predicted octanol–water partition coefficient (Wildman–Crippen LogP) is 0.915. The molecule has 6 N–H and O–H groups in total. The number of aliphatic hydroxyl groups is 1. The Morgan fingerprint density at radius 3 is 1.93 bits per heavy atom. The first-order valence-corrected chi connectivity index (χ1v) is 13.8. The summed E-state index contributed by atoms with van der Waals surface area (Å²) < 4.78 is 9.87. The molecule has 0 unspecified atom stereocenters. The van der Waals surface area contributed by atoms with Crippen molar-refractivity contribution in [1.82, 2.24) is 21.3 Å². The molecule has 0 aliphatic carbocycles. The van der Waals surface area contributed by atoms with Crippen molar-refractivity contribution >= 4 is 29.8 Å². The van der Waals surface area contributed by atoms with E-state index in [-0.39, 0.29) is 24.7 Å². The van der Waals surface area contributed by atoms with E-state index in [1.54, 1.807) is 42.5 Å². The van der Waals surface area contributed by atoms with Gasteiger partial charge < -0.3 is 41.0 Å². The number of nitrogens with one attached hydrogen (secondary N) is 4. The van der Waals surface area contributed by atoms with Crippen molar-refractivity contribution in [2.45, 2.75) is 64.4 Å². The Kier molecular flexibility index (Phi) is 13.9. The number of esters is 1. The van der Waals surface area contributed by atoms with Gasteiger partial charge in [0.15, 0.2) is 0 Å². The van der Waals surface area contributed by atoms with Crippen LogP contribution in [0, 0.1) is 5.92 Å². The summed E-state index contributed by atoms with van der Waals surface area (Å²) in [6.45, 7) is 4.32. The molecule has 0 saturated carbocycles. The van der Waals surface area contributed by atoms with E-state index >= 15 is 0 Å². The van der Waals surface area contributed by atoms with E-state index in [4.69, 9.17) is 9.47 Å². The van der Waals surface area contributed by atoms with Gasteiger partial charge in [-0.25, -0.2) is 9.59 Å². The number of ether oxygens (including phenoxy) is 2. The van der Waals surface area contributed by atoms with E-state index in [1.165, 1.54) is 26.2 Å². The summed E-state index contributed by atoms with van der Waals surface area (Å²) in [5.41, 5.74) is 1.28. The Morgan fingerprint density at radius 1 is 0.744 bits per heavy atom. The van der Waals surface area contributed by atoms with Crippen molar-refractivity contribution in [2.24, 2.45) is 5.92 Å². The Labute approximate surface area is 250 Å². The number of phenolic OH excluding ortho intramolecular Hbond substituents is 1. The van der Waals surface area contributed by atoms with Gasteiger partial charge in [-0.1, -0.05) is 56.3 Å². The number of carbonyl (C=O) groups is 5. The van der Waals surface area contributed by atoms with Gasteiger partial charge >= 0.3 is 12.1 Å². The Morgan fingerprint density at radius 2 is 1.35 bits per heavy atom. The number of aliphatic hydroxyl groups excluding tert-OH is 1.